The van der Waals surface area contributed by atoms with Crippen molar-refractivity contribution < 1.29 is 9.18 Å². The Hall–Kier alpha value is -3.29. The number of rotatable bonds is 9. The summed E-state index contributed by atoms with van der Waals surface area (Å²) in [4.78, 5) is 21.5. The van der Waals surface area contributed by atoms with Crippen molar-refractivity contribution >= 4 is 11.7 Å². The minimum absolute atomic E-state index is 0.220. The molecule has 1 fully saturated rings. The molecule has 0 radical (unpaired) electrons. The van der Waals surface area contributed by atoms with Gasteiger partial charge in [-0.3, -0.25) is 9.48 Å². The van der Waals surface area contributed by atoms with E-state index in [4.69, 9.17) is 5.73 Å². The summed E-state index contributed by atoms with van der Waals surface area (Å²) in [6.45, 7) is 0.577. The van der Waals surface area contributed by atoms with Gasteiger partial charge in [0.2, 0.25) is 5.91 Å². The number of primary amides is 1. The molecule has 0 aliphatic heterocycles. The average molecular weight is 408 g/mol. The van der Waals surface area contributed by atoms with Gasteiger partial charge in [0.1, 0.15) is 6.33 Å². The number of nitrogens with zero attached hydrogens (tertiary/aromatic N) is 5. The van der Waals surface area contributed by atoms with Crippen molar-refractivity contribution in [3.05, 3.63) is 71.2 Å². The van der Waals surface area contributed by atoms with Gasteiger partial charge in [-0.1, -0.05) is 24.3 Å². The van der Waals surface area contributed by atoms with Gasteiger partial charge < -0.3 is 10.6 Å². The zero-order chi connectivity index (χ0) is 21.1. The molecule has 30 heavy (non-hydrogen) atoms. The number of anilines is 1. The van der Waals surface area contributed by atoms with Crippen molar-refractivity contribution in [2.75, 3.05) is 4.90 Å². The van der Waals surface area contributed by atoms with Crippen LogP contribution in [0.2, 0.25) is 0 Å². The van der Waals surface area contributed by atoms with Crippen LogP contribution in [-0.4, -0.2) is 31.7 Å². The first kappa shape index (κ1) is 20.0. The molecule has 1 aromatic carbocycles. The lowest BCUT2D eigenvalue weighted by atomic mass is 10.0. The molecule has 156 valence electrons. The fourth-order valence-electron chi connectivity index (χ4n) is 3.57. The van der Waals surface area contributed by atoms with Gasteiger partial charge in [-0.15, -0.1) is 0 Å². The van der Waals surface area contributed by atoms with Crippen molar-refractivity contribution in [3.63, 3.8) is 0 Å². The summed E-state index contributed by atoms with van der Waals surface area (Å²) in [5.74, 6) is -0.341. The smallest absolute Gasteiger partial charge is 0.221 e. The van der Waals surface area contributed by atoms with Crippen LogP contribution in [0, 0.1) is 5.82 Å². The highest BCUT2D eigenvalue weighted by atomic mass is 19.1. The van der Waals surface area contributed by atoms with E-state index in [0.29, 0.717) is 36.9 Å². The molecule has 1 aliphatic carbocycles. The number of aryl methyl sites for hydroxylation is 3. The van der Waals surface area contributed by atoms with Crippen LogP contribution in [0.3, 0.4) is 0 Å². The second kappa shape index (κ2) is 8.61. The molecule has 0 spiro atoms. The number of hydrogen-bond donors (Lipinski definition) is 1. The van der Waals surface area contributed by atoms with Crippen LogP contribution < -0.4 is 10.6 Å². The first-order valence-electron chi connectivity index (χ1n) is 10.1. The molecule has 0 saturated heterocycles. The maximum atomic E-state index is 15.3. The molecule has 2 aromatic heterocycles. The lowest BCUT2D eigenvalue weighted by molar-refractivity contribution is -0.117. The summed E-state index contributed by atoms with van der Waals surface area (Å²) in [7, 11) is 1.87. The van der Waals surface area contributed by atoms with E-state index >= 15 is 4.39 Å². The molecule has 3 aromatic rings. The van der Waals surface area contributed by atoms with Crippen LogP contribution in [-0.2, 0) is 37.6 Å². The number of benzene rings is 1. The van der Waals surface area contributed by atoms with E-state index in [9.17, 15) is 4.79 Å². The van der Waals surface area contributed by atoms with E-state index in [1.54, 1.807) is 10.9 Å². The second-order valence-electron chi connectivity index (χ2n) is 7.80. The Morgan fingerprint density at radius 1 is 1.17 bits per heavy atom. The quantitative estimate of drug-likeness (QED) is 0.587. The Balaban J connectivity index is 1.47. The predicted molar refractivity (Wildman–Crippen MR) is 111 cm³/mol. The molecule has 7 nitrogen and oxygen atoms in total. The third-order valence-corrected chi connectivity index (χ3v) is 5.27. The number of nitrogens with two attached hydrogens (primary N) is 1. The molecule has 8 heteroatoms. The molecule has 1 saturated carbocycles. The first-order valence-corrected chi connectivity index (χ1v) is 10.1. The van der Waals surface area contributed by atoms with Gasteiger partial charge in [-0.05, 0) is 36.8 Å². The third kappa shape index (κ3) is 4.82. The van der Waals surface area contributed by atoms with Gasteiger partial charge in [-0.2, -0.15) is 5.10 Å². The average Bonchev–Trinajstić information content (AvgIpc) is 3.48. The molecule has 0 unspecified atom stereocenters. The monoisotopic (exact) mass is 408 g/mol. The number of halogens is 1. The summed E-state index contributed by atoms with van der Waals surface area (Å²) < 4.78 is 17.0. The molecule has 2 heterocycles. The fourth-order valence-corrected chi connectivity index (χ4v) is 3.57. The number of carbonyl (C=O) groups excluding carboxylic acids is 1. The summed E-state index contributed by atoms with van der Waals surface area (Å²) >= 11 is 0. The lowest BCUT2D eigenvalue weighted by Gasteiger charge is -2.23. The predicted octanol–water partition coefficient (Wildman–Crippen LogP) is 2.33. The Bertz CT molecular complexity index is 1030. The van der Waals surface area contributed by atoms with Crippen LogP contribution in [0.1, 0.15) is 35.2 Å². The van der Waals surface area contributed by atoms with Crippen molar-refractivity contribution in [2.24, 2.45) is 12.8 Å². The highest BCUT2D eigenvalue weighted by Gasteiger charge is 2.32. The summed E-state index contributed by atoms with van der Waals surface area (Å²) in [5, 5.41) is 4.21. The molecular weight excluding hydrogens is 383 g/mol. The van der Waals surface area contributed by atoms with Crippen LogP contribution in [0.4, 0.5) is 10.2 Å². The Morgan fingerprint density at radius 2 is 1.90 bits per heavy atom. The largest absolute Gasteiger partial charge is 0.369 e. The minimum atomic E-state index is -0.357. The molecule has 2 N–H and O–H groups in total. The standard InChI is InChI=1S/C22H25FN6O/c1-28-12-17(11-27-28)13-29(18-7-8-18)22-21(23)19(25-14-26-22)9-6-15-2-4-16(5-3-15)10-20(24)30/h2-5,11-12,14,18H,6-10,13H2,1H3,(H2,24,30). The van der Waals surface area contributed by atoms with Gasteiger partial charge >= 0.3 is 0 Å². The molecular formula is C22H25FN6O. The highest BCUT2D eigenvalue weighted by Crippen LogP contribution is 2.33. The zero-order valence-corrected chi connectivity index (χ0v) is 17.0. The SMILES string of the molecule is Cn1cc(CN(c2ncnc(CCc3ccc(CC(N)=O)cc3)c2F)C2CC2)cn1. The Kier molecular flexibility index (Phi) is 5.74. The second-order valence-corrected chi connectivity index (χ2v) is 7.80. The molecule has 0 bridgehead atoms. The third-order valence-electron chi connectivity index (χ3n) is 5.27. The summed E-state index contributed by atoms with van der Waals surface area (Å²) in [5.41, 5.74) is 8.59. The molecule has 0 atom stereocenters. The van der Waals surface area contributed by atoms with E-state index in [2.05, 4.69) is 15.1 Å². The Morgan fingerprint density at radius 3 is 2.53 bits per heavy atom. The van der Waals surface area contributed by atoms with E-state index < -0.39 is 0 Å². The first-order chi connectivity index (χ1) is 14.5. The van der Waals surface area contributed by atoms with E-state index in [0.717, 1.165) is 29.5 Å². The number of amides is 1. The lowest BCUT2D eigenvalue weighted by Crippen LogP contribution is -2.27. The number of carbonyl (C=O) groups is 1. The van der Waals surface area contributed by atoms with Crippen LogP contribution >= 0.6 is 0 Å². The van der Waals surface area contributed by atoms with Crippen molar-refractivity contribution in [1.29, 1.82) is 0 Å². The zero-order valence-electron chi connectivity index (χ0n) is 17.0. The van der Waals surface area contributed by atoms with Crippen molar-refractivity contribution in [2.45, 2.75) is 44.7 Å². The van der Waals surface area contributed by atoms with Gasteiger partial charge in [0, 0.05) is 31.4 Å². The van der Waals surface area contributed by atoms with Gasteiger partial charge in [0.05, 0.1) is 18.3 Å². The van der Waals surface area contributed by atoms with Gasteiger partial charge in [0.15, 0.2) is 11.6 Å². The van der Waals surface area contributed by atoms with E-state index in [-0.39, 0.29) is 18.1 Å². The molecule has 1 amide bonds. The summed E-state index contributed by atoms with van der Waals surface area (Å²) in [6, 6.07) is 7.95. The van der Waals surface area contributed by atoms with Gasteiger partial charge in [0.25, 0.3) is 0 Å². The number of hydrogen-bond acceptors (Lipinski definition) is 5. The van der Waals surface area contributed by atoms with Gasteiger partial charge in [-0.25, -0.2) is 14.4 Å². The fraction of sp³-hybridized carbons (Fsp3) is 0.364. The van der Waals surface area contributed by atoms with Crippen molar-refractivity contribution in [3.8, 4) is 0 Å². The topological polar surface area (TPSA) is 89.9 Å². The maximum Gasteiger partial charge on any atom is 0.221 e. The van der Waals surface area contributed by atoms with Crippen LogP contribution in [0.5, 0.6) is 0 Å². The number of aromatic nitrogens is 4. The van der Waals surface area contributed by atoms with Crippen LogP contribution in [0.25, 0.3) is 0 Å². The van der Waals surface area contributed by atoms with Crippen LogP contribution in [0.15, 0.2) is 43.0 Å². The molecule has 1 aliphatic rings. The minimum Gasteiger partial charge on any atom is -0.369 e. The highest BCUT2D eigenvalue weighted by molar-refractivity contribution is 5.76. The van der Waals surface area contributed by atoms with E-state index in [1.165, 1.54) is 6.33 Å². The normalized spacial score (nSPS) is 13.4. The maximum absolute atomic E-state index is 15.3. The van der Waals surface area contributed by atoms with Crippen molar-refractivity contribution in [1.82, 2.24) is 19.7 Å². The van der Waals surface area contributed by atoms with E-state index in [1.807, 2.05) is 42.4 Å². The Labute approximate surface area is 174 Å². The molecule has 4 rings (SSSR count). The summed E-state index contributed by atoms with van der Waals surface area (Å²) in [6.07, 6.45) is 8.61.